The van der Waals surface area contributed by atoms with Gasteiger partial charge in [-0.1, -0.05) is 20.3 Å². The number of alkyl halides is 7. The Morgan fingerprint density at radius 2 is 1.55 bits per heavy atom. The maximum Gasteiger partial charge on any atom is 0.469 e. The normalized spacial score (nSPS) is 18.4. The molecule has 0 fully saturated rings. The molecule has 12 heteroatoms. The highest BCUT2D eigenvalue weighted by Gasteiger charge is 2.68. The first-order valence-electron chi connectivity index (χ1n) is 6.10. The number of hydrogen-bond donors (Lipinski definition) is 2. The molecule has 0 rings (SSSR count). The standard InChI is InChI=1S/C10H16F7O4P/c1-3-4-6(21-22(18,19)20)5(2)7(11)9(14,15)10(16,17)8(12)13/h5-8H,3-4H2,1-2H3,(H2,18,19,20). The van der Waals surface area contributed by atoms with Crippen molar-refractivity contribution >= 4 is 7.82 Å². The van der Waals surface area contributed by atoms with E-state index >= 15 is 0 Å². The van der Waals surface area contributed by atoms with E-state index in [4.69, 9.17) is 9.79 Å². The van der Waals surface area contributed by atoms with Gasteiger partial charge in [0.2, 0.25) is 0 Å². The van der Waals surface area contributed by atoms with Crippen molar-refractivity contribution < 1.29 is 49.6 Å². The van der Waals surface area contributed by atoms with Crippen molar-refractivity contribution in [1.29, 1.82) is 0 Å². The third-order valence-corrected chi connectivity index (χ3v) is 3.50. The summed E-state index contributed by atoms with van der Waals surface area (Å²) in [5.41, 5.74) is 0. The van der Waals surface area contributed by atoms with Gasteiger partial charge in [-0.3, -0.25) is 4.52 Å². The fourth-order valence-electron chi connectivity index (χ4n) is 1.72. The molecule has 2 N–H and O–H groups in total. The van der Waals surface area contributed by atoms with E-state index in [0.29, 0.717) is 6.92 Å². The zero-order chi connectivity index (χ0) is 17.9. The molecule has 4 nitrogen and oxygen atoms in total. The van der Waals surface area contributed by atoms with Gasteiger partial charge in [0.1, 0.15) is 0 Å². The molecule has 0 aliphatic carbocycles. The van der Waals surface area contributed by atoms with Crippen molar-refractivity contribution in [2.45, 2.75) is 57.2 Å². The van der Waals surface area contributed by atoms with Gasteiger partial charge < -0.3 is 9.79 Å². The molecule has 0 aromatic rings. The first kappa shape index (κ1) is 21.6. The van der Waals surface area contributed by atoms with Crippen LogP contribution in [0.3, 0.4) is 0 Å². The van der Waals surface area contributed by atoms with Crippen LogP contribution >= 0.6 is 7.82 Å². The second-order valence-corrected chi connectivity index (χ2v) is 5.92. The summed E-state index contributed by atoms with van der Waals surface area (Å²) in [6.07, 6.45) is -10.7. The molecule has 0 aromatic heterocycles. The van der Waals surface area contributed by atoms with Crippen molar-refractivity contribution in [3.05, 3.63) is 0 Å². The molecule has 0 aliphatic heterocycles. The molecule has 22 heavy (non-hydrogen) atoms. The van der Waals surface area contributed by atoms with Crippen LogP contribution in [0.5, 0.6) is 0 Å². The predicted octanol–water partition coefficient (Wildman–Crippen LogP) is 3.77. The first-order chi connectivity index (χ1) is 9.68. The summed E-state index contributed by atoms with van der Waals surface area (Å²) in [7, 11) is -5.20. The van der Waals surface area contributed by atoms with Crippen LogP contribution in [0.15, 0.2) is 0 Å². The second kappa shape index (κ2) is 7.46. The smallest absolute Gasteiger partial charge is 0.303 e. The molecule has 0 bridgehead atoms. The van der Waals surface area contributed by atoms with E-state index in [-0.39, 0.29) is 12.8 Å². The fourth-order valence-corrected chi connectivity index (χ4v) is 2.37. The minimum absolute atomic E-state index is 0.0958. The Morgan fingerprint density at radius 3 is 1.86 bits per heavy atom. The van der Waals surface area contributed by atoms with Crippen molar-refractivity contribution in [3.63, 3.8) is 0 Å². The van der Waals surface area contributed by atoms with Gasteiger partial charge >= 0.3 is 26.1 Å². The lowest BCUT2D eigenvalue weighted by atomic mass is 9.90. The molecule has 0 radical (unpaired) electrons. The Kier molecular flexibility index (Phi) is 7.33. The van der Waals surface area contributed by atoms with Gasteiger partial charge in [-0.05, 0) is 6.42 Å². The summed E-state index contributed by atoms with van der Waals surface area (Å²) < 4.78 is 105. The molecule has 0 saturated carbocycles. The van der Waals surface area contributed by atoms with Gasteiger partial charge in [0.15, 0.2) is 6.17 Å². The number of hydrogen-bond acceptors (Lipinski definition) is 2. The fraction of sp³-hybridized carbons (Fsp3) is 1.00. The summed E-state index contributed by atoms with van der Waals surface area (Å²) in [6.45, 7) is 2.05. The Hall–Kier alpha value is -0.380. The number of phosphoric acid groups is 1. The van der Waals surface area contributed by atoms with Gasteiger partial charge in [-0.2, -0.15) is 17.6 Å². The molecule has 3 unspecified atom stereocenters. The lowest BCUT2D eigenvalue weighted by Crippen LogP contribution is -2.55. The van der Waals surface area contributed by atoms with Crippen LogP contribution in [0.25, 0.3) is 0 Å². The van der Waals surface area contributed by atoms with E-state index in [2.05, 4.69) is 4.52 Å². The van der Waals surface area contributed by atoms with E-state index in [1.807, 2.05) is 0 Å². The van der Waals surface area contributed by atoms with Crippen LogP contribution in [0.2, 0.25) is 0 Å². The van der Waals surface area contributed by atoms with E-state index in [0.717, 1.165) is 0 Å². The molecule has 0 amide bonds. The SMILES string of the molecule is CCCC(OP(=O)(O)O)C(C)C(F)C(F)(F)C(F)(F)C(F)F. The molecule has 3 atom stereocenters. The zero-order valence-electron chi connectivity index (χ0n) is 11.5. The summed E-state index contributed by atoms with van der Waals surface area (Å²) >= 11 is 0. The van der Waals surface area contributed by atoms with Crippen molar-refractivity contribution in [3.8, 4) is 0 Å². The third-order valence-electron chi connectivity index (χ3n) is 2.96. The largest absolute Gasteiger partial charge is 0.469 e. The van der Waals surface area contributed by atoms with Crippen LogP contribution in [0, 0.1) is 5.92 Å². The maximum atomic E-state index is 13.7. The van der Waals surface area contributed by atoms with E-state index < -0.39 is 44.3 Å². The van der Waals surface area contributed by atoms with Crippen LogP contribution in [-0.4, -0.2) is 40.3 Å². The average molecular weight is 364 g/mol. The van der Waals surface area contributed by atoms with Crippen molar-refractivity contribution in [2.24, 2.45) is 5.92 Å². The zero-order valence-corrected chi connectivity index (χ0v) is 12.4. The van der Waals surface area contributed by atoms with Gasteiger partial charge in [0.25, 0.3) is 0 Å². The minimum Gasteiger partial charge on any atom is -0.303 e. The highest BCUT2D eigenvalue weighted by atomic mass is 31.2. The van der Waals surface area contributed by atoms with Crippen LogP contribution in [0.4, 0.5) is 30.7 Å². The molecule has 0 saturated heterocycles. The topological polar surface area (TPSA) is 66.8 Å². The summed E-state index contributed by atoms with van der Waals surface area (Å²) in [5, 5.41) is 0. The Balaban J connectivity index is 5.37. The third kappa shape index (κ3) is 5.07. The number of halogens is 7. The average Bonchev–Trinajstić information content (AvgIpc) is 2.34. The van der Waals surface area contributed by atoms with E-state index in [1.165, 1.54) is 6.92 Å². The van der Waals surface area contributed by atoms with Crippen LogP contribution < -0.4 is 0 Å². The van der Waals surface area contributed by atoms with Crippen LogP contribution in [0.1, 0.15) is 26.7 Å². The molecular weight excluding hydrogens is 348 g/mol. The van der Waals surface area contributed by atoms with Crippen molar-refractivity contribution in [2.75, 3.05) is 0 Å². The van der Waals surface area contributed by atoms with E-state index in [1.54, 1.807) is 0 Å². The Labute approximate surface area is 121 Å². The van der Waals surface area contributed by atoms with Gasteiger partial charge in [0.05, 0.1) is 6.10 Å². The quantitative estimate of drug-likeness (QED) is 0.483. The Bertz CT molecular complexity index is 401. The van der Waals surface area contributed by atoms with Crippen LogP contribution in [-0.2, 0) is 9.09 Å². The summed E-state index contributed by atoms with van der Waals surface area (Å²) in [4.78, 5) is 17.2. The lowest BCUT2D eigenvalue weighted by molar-refractivity contribution is -0.293. The molecule has 0 aromatic carbocycles. The lowest BCUT2D eigenvalue weighted by Gasteiger charge is -2.34. The highest BCUT2D eigenvalue weighted by molar-refractivity contribution is 7.46. The summed E-state index contributed by atoms with van der Waals surface area (Å²) in [6, 6.07) is 0. The minimum atomic E-state index is -5.93. The molecule has 0 heterocycles. The molecule has 0 aliphatic rings. The van der Waals surface area contributed by atoms with E-state index in [9.17, 15) is 35.3 Å². The first-order valence-corrected chi connectivity index (χ1v) is 7.63. The number of phosphoric ester groups is 1. The van der Waals surface area contributed by atoms with Gasteiger partial charge in [-0.15, -0.1) is 0 Å². The Morgan fingerprint density at radius 1 is 1.09 bits per heavy atom. The monoisotopic (exact) mass is 364 g/mol. The molecule has 134 valence electrons. The highest BCUT2D eigenvalue weighted by Crippen LogP contribution is 2.47. The summed E-state index contributed by atoms with van der Waals surface area (Å²) in [5.74, 6) is -13.8. The predicted molar refractivity (Wildman–Crippen MR) is 61.8 cm³/mol. The van der Waals surface area contributed by atoms with Gasteiger partial charge in [-0.25, -0.2) is 17.7 Å². The molecular formula is C10H16F7O4P. The number of rotatable bonds is 9. The molecule has 0 spiro atoms. The van der Waals surface area contributed by atoms with Gasteiger partial charge in [0, 0.05) is 5.92 Å². The van der Waals surface area contributed by atoms with Crippen molar-refractivity contribution in [1.82, 2.24) is 0 Å². The maximum absolute atomic E-state index is 13.7. The second-order valence-electron chi connectivity index (χ2n) is 4.73.